The molecule has 0 amide bonds. The molecule has 0 rings (SSSR count). The molecule has 0 aromatic carbocycles. The molecule has 0 aromatic heterocycles. The van der Waals surface area contributed by atoms with E-state index in [2.05, 4.69) is 0 Å². The highest BCUT2D eigenvalue weighted by Crippen LogP contribution is 2.11. The summed E-state index contributed by atoms with van der Waals surface area (Å²) < 4.78 is 0. The summed E-state index contributed by atoms with van der Waals surface area (Å²) >= 11 is 0. The molecule has 0 spiro atoms. The minimum Gasteiger partial charge on any atom is -0.396 e. The van der Waals surface area contributed by atoms with Crippen molar-refractivity contribution in [2.24, 2.45) is 0 Å². The van der Waals surface area contributed by atoms with Gasteiger partial charge in [-0.15, -0.1) is 0 Å². The van der Waals surface area contributed by atoms with Crippen molar-refractivity contribution in [1.29, 1.82) is 0 Å². The van der Waals surface area contributed by atoms with Gasteiger partial charge in [0.25, 0.3) is 0 Å². The van der Waals surface area contributed by atoms with Crippen molar-refractivity contribution in [2.75, 3.05) is 13.2 Å². The molecule has 0 radical (unpaired) electrons. The highest BCUT2D eigenvalue weighted by atomic mass is 16.3. The van der Waals surface area contributed by atoms with E-state index in [1.807, 2.05) is 0 Å². The third-order valence-electron chi connectivity index (χ3n) is 2.91. The predicted octanol–water partition coefficient (Wildman–Crippen LogP) is 2.23. The Morgan fingerprint density at radius 1 is 0.562 bits per heavy atom. The van der Waals surface area contributed by atoms with Gasteiger partial charge in [0, 0.05) is 13.2 Å². The van der Waals surface area contributed by atoms with Crippen LogP contribution in [0.4, 0.5) is 0 Å². The van der Waals surface area contributed by atoms with E-state index >= 15 is 0 Å². The molecule has 0 saturated carbocycles. The predicted molar refractivity (Wildman–Crippen MR) is 66.3 cm³/mol. The molecule has 0 aliphatic rings. The smallest absolute Gasteiger partial charge is 0.0562 e. The van der Waals surface area contributed by atoms with Gasteiger partial charge < -0.3 is 15.3 Å². The molecule has 3 heteroatoms. The minimum atomic E-state index is -0.311. The fraction of sp³-hybridized carbons (Fsp3) is 1.00. The van der Waals surface area contributed by atoms with E-state index in [9.17, 15) is 5.11 Å². The molecule has 0 saturated heterocycles. The zero-order valence-electron chi connectivity index (χ0n) is 10.4. The average molecular weight is 232 g/mol. The van der Waals surface area contributed by atoms with Crippen LogP contribution in [0.3, 0.4) is 0 Å². The van der Waals surface area contributed by atoms with Crippen LogP contribution in [0.1, 0.15) is 64.2 Å². The summed E-state index contributed by atoms with van der Waals surface area (Å²) in [5, 5.41) is 26.6. The van der Waals surface area contributed by atoms with Gasteiger partial charge in [-0.05, 0) is 19.3 Å². The largest absolute Gasteiger partial charge is 0.396 e. The molecule has 16 heavy (non-hydrogen) atoms. The topological polar surface area (TPSA) is 60.7 Å². The number of unbranched alkanes of at least 4 members (excludes halogenated alkanes) is 7. The van der Waals surface area contributed by atoms with E-state index in [4.69, 9.17) is 10.2 Å². The van der Waals surface area contributed by atoms with Gasteiger partial charge in [-0.2, -0.15) is 0 Å². The first-order valence-corrected chi connectivity index (χ1v) is 6.71. The van der Waals surface area contributed by atoms with Gasteiger partial charge in [-0.3, -0.25) is 0 Å². The second kappa shape index (κ2) is 12.9. The first kappa shape index (κ1) is 15.9. The van der Waals surface area contributed by atoms with E-state index < -0.39 is 0 Å². The van der Waals surface area contributed by atoms with Gasteiger partial charge >= 0.3 is 0 Å². The number of aliphatic hydroxyl groups excluding tert-OH is 3. The van der Waals surface area contributed by atoms with E-state index in [1.165, 1.54) is 32.1 Å². The zero-order chi connectivity index (χ0) is 12.1. The second-order valence-electron chi connectivity index (χ2n) is 4.51. The maximum absolute atomic E-state index is 9.37. The van der Waals surface area contributed by atoms with Crippen LogP contribution in [-0.4, -0.2) is 34.6 Å². The van der Waals surface area contributed by atoms with E-state index in [0.717, 1.165) is 25.7 Å². The van der Waals surface area contributed by atoms with Crippen molar-refractivity contribution in [3.63, 3.8) is 0 Å². The zero-order valence-corrected chi connectivity index (χ0v) is 10.4. The van der Waals surface area contributed by atoms with Crippen LogP contribution in [0.2, 0.25) is 0 Å². The molecule has 0 aliphatic heterocycles. The molecule has 98 valence electrons. The summed E-state index contributed by atoms with van der Waals surface area (Å²) in [6.45, 7) is 0.411. The third kappa shape index (κ3) is 12.0. The lowest BCUT2D eigenvalue weighted by Gasteiger charge is -2.07. The summed E-state index contributed by atoms with van der Waals surface area (Å²) in [7, 11) is 0. The van der Waals surface area contributed by atoms with Crippen molar-refractivity contribution in [2.45, 2.75) is 70.3 Å². The monoisotopic (exact) mass is 232 g/mol. The molecule has 0 bridgehead atoms. The van der Waals surface area contributed by atoms with E-state index in [0.29, 0.717) is 13.0 Å². The standard InChI is InChI=1S/C13H28O3/c14-11-8-6-4-2-1-3-5-7-9-13(16)10-12-15/h13-16H,1-12H2. The van der Waals surface area contributed by atoms with Crippen LogP contribution < -0.4 is 0 Å². The number of rotatable bonds is 12. The Morgan fingerprint density at radius 3 is 1.56 bits per heavy atom. The summed E-state index contributed by atoms with van der Waals surface area (Å²) in [4.78, 5) is 0. The van der Waals surface area contributed by atoms with Gasteiger partial charge in [-0.1, -0.05) is 44.9 Å². The summed E-state index contributed by atoms with van der Waals surface area (Å²) in [6.07, 6.45) is 10.4. The molecule has 3 nitrogen and oxygen atoms in total. The van der Waals surface area contributed by atoms with Gasteiger partial charge in [0.2, 0.25) is 0 Å². The van der Waals surface area contributed by atoms with Crippen molar-refractivity contribution in [3.8, 4) is 0 Å². The molecule has 1 unspecified atom stereocenters. The van der Waals surface area contributed by atoms with Crippen molar-refractivity contribution in [3.05, 3.63) is 0 Å². The molecule has 0 aromatic rings. The van der Waals surface area contributed by atoms with Gasteiger partial charge in [0.1, 0.15) is 0 Å². The molecule has 1 atom stereocenters. The van der Waals surface area contributed by atoms with Gasteiger partial charge in [0.05, 0.1) is 6.10 Å². The SMILES string of the molecule is OCCCCCCCCCCC(O)CCO. The van der Waals surface area contributed by atoms with Crippen molar-refractivity contribution >= 4 is 0 Å². The summed E-state index contributed by atoms with van der Waals surface area (Å²) in [6, 6.07) is 0. The lowest BCUT2D eigenvalue weighted by molar-refractivity contribution is 0.122. The lowest BCUT2D eigenvalue weighted by atomic mass is 10.0. The van der Waals surface area contributed by atoms with Crippen molar-refractivity contribution in [1.82, 2.24) is 0 Å². The second-order valence-corrected chi connectivity index (χ2v) is 4.51. The fourth-order valence-electron chi connectivity index (χ4n) is 1.85. The normalized spacial score (nSPS) is 12.9. The number of hydrogen-bond acceptors (Lipinski definition) is 3. The van der Waals surface area contributed by atoms with Crippen molar-refractivity contribution < 1.29 is 15.3 Å². The van der Waals surface area contributed by atoms with E-state index in [1.54, 1.807) is 0 Å². The minimum absolute atomic E-state index is 0.0893. The van der Waals surface area contributed by atoms with Crippen LogP contribution in [0.25, 0.3) is 0 Å². The fourth-order valence-corrected chi connectivity index (χ4v) is 1.85. The van der Waals surface area contributed by atoms with Crippen LogP contribution in [-0.2, 0) is 0 Å². The first-order valence-electron chi connectivity index (χ1n) is 6.71. The highest BCUT2D eigenvalue weighted by molar-refractivity contribution is 4.55. The Balaban J connectivity index is 2.98. The van der Waals surface area contributed by atoms with Crippen LogP contribution >= 0.6 is 0 Å². The molecule has 0 aliphatic carbocycles. The van der Waals surface area contributed by atoms with Crippen LogP contribution in [0, 0.1) is 0 Å². The summed E-state index contributed by atoms with van der Waals surface area (Å²) in [5.74, 6) is 0. The van der Waals surface area contributed by atoms with Gasteiger partial charge in [-0.25, -0.2) is 0 Å². The Kier molecular flexibility index (Phi) is 12.9. The highest BCUT2D eigenvalue weighted by Gasteiger charge is 2.01. The maximum atomic E-state index is 9.37. The molecular weight excluding hydrogens is 204 g/mol. The number of hydrogen-bond donors (Lipinski definition) is 3. The molecule has 0 fully saturated rings. The third-order valence-corrected chi connectivity index (χ3v) is 2.91. The lowest BCUT2D eigenvalue weighted by Crippen LogP contribution is -2.08. The summed E-state index contributed by atoms with van der Waals surface area (Å²) in [5.41, 5.74) is 0. The Hall–Kier alpha value is -0.120. The van der Waals surface area contributed by atoms with Crippen LogP contribution in [0.15, 0.2) is 0 Å². The number of aliphatic hydroxyl groups is 3. The van der Waals surface area contributed by atoms with Crippen LogP contribution in [0.5, 0.6) is 0 Å². The Labute approximate surface area is 99.5 Å². The molecule has 3 N–H and O–H groups in total. The molecule has 0 heterocycles. The Morgan fingerprint density at radius 2 is 1.06 bits per heavy atom. The maximum Gasteiger partial charge on any atom is 0.0562 e. The average Bonchev–Trinajstić information content (AvgIpc) is 2.27. The van der Waals surface area contributed by atoms with E-state index in [-0.39, 0.29) is 12.7 Å². The van der Waals surface area contributed by atoms with Gasteiger partial charge in [0.15, 0.2) is 0 Å². The molecular formula is C13H28O3. The Bertz CT molecular complexity index is 128. The first-order chi connectivity index (χ1) is 7.81. The quantitative estimate of drug-likeness (QED) is 0.452.